The van der Waals surface area contributed by atoms with Crippen LogP contribution in [0.25, 0.3) is 16.5 Å². The number of ether oxygens (including phenoxy) is 1. The van der Waals surface area contributed by atoms with Crippen molar-refractivity contribution in [2.45, 2.75) is 13.8 Å². The molecule has 30 heavy (non-hydrogen) atoms. The van der Waals surface area contributed by atoms with E-state index in [9.17, 15) is 9.59 Å². The maximum atomic E-state index is 12.5. The maximum absolute atomic E-state index is 12.5. The van der Waals surface area contributed by atoms with Gasteiger partial charge in [0.05, 0.1) is 4.88 Å². The van der Waals surface area contributed by atoms with E-state index in [2.05, 4.69) is 20.4 Å². The number of carbonyl (C=O) groups is 1. The van der Waals surface area contributed by atoms with Gasteiger partial charge in [0, 0.05) is 17.8 Å². The first-order valence-electron chi connectivity index (χ1n) is 9.19. The van der Waals surface area contributed by atoms with E-state index in [1.54, 1.807) is 13.0 Å². The van der Waals surface area contributed by atoms with Gasteiger partial charge in [0.2, 0.25) is 5.95 Å². The largest absolute Gasteiger partial charge is 0.484 e. The number of carbonyl (C=O) groups excluding carboxylic acids is 1. The van der Waals surface area contributed by atoms with E-state index in [-0.39, 0.29) is 24.0 Å². The summed E-state index contributed by atoms with van der Waals surface area (Å²) < 4.78 is 6.95. The average Bonchev–Trinajstić information content (AvgIpc) is 3.37. The van der Waals surface area contributed by atoms with Crippen molar-refractivity contribution >= 4 is 23.1 Å². The summed E-state index contributed by atoms with van der Waals surface area (Å²) in [5.74, 6) is 0.847. The highest BCUT2D eigenvalue weighted by molar-refractivity contribution is 7.13. The standard InChI is InChI=1S/C21H19N5O3S/c1-13-5-7-15(8-6-13)29-12-20(28)23-18-11-16(17-4-3-9-30-17)25-26(18)21-22-14(2)10-19(27)24-21/h3-11H,12H2,1-2H3,(H,23,28)(H,22,24,27). The minimum absolute atomic E-state index is 0.166. The van der Waals surface area contributed by atoms with Crippen molar-refractivity contribution in [3.05, 3.63) is 75.5 Å². The lowest BCUT2D eigenvalue weighted by molar-refractivity contribution is -0.118. The molecule has 152 valence electrons. The predicted octanol–water partition coefficient (Wildman–Crippen LogP) is 3.32. The van der Waals surface area contributed by atoms with Gasteiger partial charge in [-0.25, -0.2) is 4.98 Å². The van der Waals surface area contributed by atoms with Crippen molar-refractivity contribution in [1.29, 1.82) is 0 Å². The van der Waals surface area contributed by atoms with Crippen LogP contribution in [-0.2, 0) is 4.79 Å². The number of nitrogens with zero attached hydrogens (tertiary/aromatic N) is 3. The zero-order valence-electron chi connectivity index (χ0n) is 16.4. The second-order valence-corrected chi connectivity index (χ2v) is 7.61. The Balaban J connectivity index is 1.60. The Morgan fingerprint density at radius 2 is 2.00 bits per heavy atom. The first kappa shape index (κ1) is 19.6. The molecule has 1 amide bonds. The van der Waals surface area contributed by atoms with Gasteiger partial charge in [-0.1, -0.05) is 23.8 Å². The number of rotatable bonds is 6. The molecule has 4 aromatic rings. The van der Waals surface area contributed by atoms with E-state index < -0.39 is 0 Å². The molecule has 4 rings (SSSR count). The first-order valence-corrected chi connectivity index (χ1v) is 10.1. The smallest absolute Gasteiger partial charge is 0.263 e. The highest BCUT2D eigenvalue weighted by Crippen LogP contribution is 2.27. The van der Waals surface area contributed by atoms with Crippen LogP contribution in [0.4, 0.5) is 5.82 Å². The molecule has 0 radical (unpaired) electrons. The third-order valence-electron chi connectivity index (χ3n) is 4.20. The quantitative estimate of drug-likeness (QED) is 0.497. The average molecular weight is 421 g/mol. The number of aromatic nitrogens is 4. The maximum Gasteiger partial charge on any atom is 0.263 e. The summed E-state index contributed by atoms with van der Waals surface area (Å²) in [6, 6.07) is 14.4. The molecular weight excluding hydrogens is 402 g/mol. The zero-order valence-corrected chi connectivity index (χ0v) is 17.2. The van der Waals surface area contributed by atoms with Crippen LogP contribution in [0.15, 0.2) is 58.7 Å². The molecule has 3 aromatic heterocycles. The summed E-state index contributed by atoms with van der Waals surface area (Å²) >= 11 is 1.52. The normalized spacial score (nSPS) is 10.7. The summed E-state index contributed by atoms with van der Waals surface area (Å²) in [7, 11) is 0. The number of nitrogens with one attached hydrogen (secondary N) is 2. The fourth-order valence-electron chi connectivity index (χ4n) is 2.80. The van der Waals surface area contributed by atoms with Gasteiger partial charge in [-0.3, -0.25) is 14.6 Å². The molecule has 8 nitrogen and oxygen atoms in total. The van der Waals surface area contributed by atoms with E-state index in [0.717, 1.165) is 10.4 Å². The number of benzene rings is 1. The van der Waals surface area contributed by atoms with Crippen LogP contribution in [0.1, 0.15) is 11.3 Å². The van der Waals surface area contributed by atoms with Crippen molar-refractivity contribution in [2.75, 3.05) is 11.9 Å². The molecule has 2 N–H and O–H groups in total. The van der Waals surface area contributed by atoms with Crippen LogP contribution in [0.5, 0.6) is 5.75 Å². The molecule has 0 bridgehead atoms. The fraction of sp³-hybridized carbons (Fsp3) is 0.143. The zero-order chi connectivity index (χ0) is 21.1. The molecule has 0 saturated carbocycles. The number of aryl methyl sites for hydroxylation is 2. The summed E-state index contributed by atoms with van der Waals surface area (Å²) in [4.78, 5) is 32.3. The Morgan fingerprint density at radius 1 is 1.20 bits per heavy atom. The van der Waals surface area contributed by atoms with Gasteiger partial charge in [-0.05, 0) is 37.4 Å². The van der Waals surface area contributed by atoms with Gasteiger partial charge < -0.3 is 10.1 Å². The SMILES string of the molecule is Cc1ccc(OCC(=O)Nc2cc(-c3cccs3)nn2-c2nc(C)cc(=O)[nH]2)cc1. The Morgan fingerprint density at radius 3 is 2.70 bits per heavy atom. The topological polar surface area (TPSA) is 102 Å². The number of thiophene rings is 1. The lowest BCUT2D eigenvalue weighted by Crippen LogP contribution is -2.23. The molecule has 0 aliphatic heterocycles. The molecule has 0 spiro atoms. The van der Waals surface area contributed by atoms with Crippen LogP contribution >= 0.6 is 11.3 Å². The summed E-state index contributed by atoms with van der Waals surface area (Å²) in [6.45, 7) is 3.53. The van der Waals surface area contributed by atoms with Gasteiger partial charge in [0.1, 0.15) is 17.3 Å². The number of hydrogen-bond acceptors (Lipinski definition) is 6. The highest BCUT2D eigenvalue weighted by atomic mass is 32.1. The molecular formula is C21H19N5O3S. The fourth-order valence-corrected chi connectivity index (χ4v) is 3.48. The van der Waals surface area contributed by atoms with Crippen LogP contribution < -0.4 is 15.6 Å². The molecule has 1 aromatic carbocycles. The number of H-pyrrole nitrogens is 1. The lowest BCUT2D eigenvalue weighted by atomic mass is 10.2. The third kappa shape index (κ3) is 4.47. The van der Waals surface area contributed by atoms with Crippen LogP contribution in [0, 0.1) is 13.8 Å². The van der Waals surface area contributed by atoms with E-state index in [0.29, 0.717) is 23.0 Å². The Labute approximate surface area is 176 Å². The predicted molar refractivity (Wildman–Crippen MR) is 115 cm³/mol. The lowest BCUT2D eigenvalue weighted by Gasteiger charge is -2.09. The van der Waals surface area contributed by atoms with E-state index in [4.69, 9.17) is 4.74 Å². The van der Waals surface area contributed by atoms with E-state index in [1.807, 2.05) is 48.7 Å². The molecule has 0 fully saturated rings. The van der Waals surface area contributed by atoms with Gasteiger partial charge in [0.15, 0.2) is 6.61 Å². The molecule has 0 unspecified atom stereocenters. The third-order valence-corrected chi connectivity index (χ3v) is 5.09. The summed E-state index contributed by atoms with van der Waals surface area (Å²) in [5.41, 5.74) is 2.01. The van der Waals surface area contributed by atoms with Crippen LogP contribution in [0.3, 0.4) is 0 Å². The van der Waals surface area contributed by atoms with Gasteiger partial charge in [-0.2, -0.15) is 9.78 Å². The minimum atomic E-state index is -0.357. The Hall–Kier alpha value is -3.72. The van der Waals surface area contributed by atoms with Crippen molar-refractivity contribution < 1.29 is 9.53 Å². The molecule has 0 atom stereocenters. The number of anilines is 1. The van der Waals surface area contributed by atoms with E-state index >= 15 is 0 Å². The monoisotopic (exact) mass is 421 g/mol. The molecule has 3 heterocycles. The van der Waals surface area contributed by atoms with Crippen LogP contribution in [-0.4, -0.2) is 32.3 Å². The molecule has 9 heteroatoms. The number of amides is 1. The Kier molecular flexibility index (Phi) is 5.44. The van der Waals surface area contributed by atoms with Gasteiger partial charge >= 0.3 is 0 Å². The molecule has 0 aliphatic rings. The second-order valence-electron chi connectivity index (χ2n) is 6.66. The van der Waals surface area contributed by atoms with Gasteiger partial charge in [0.25, 0.3) is 11.5 Å². The summed E-state index contributed by atoms with van der Waals surface area (Å²) in [5, 5.41) is 9.26. The molecule has 0 aliphatic carbocycles. The van der Waals surface area contributed by atoms with Gasteiger partial charge in [-0.15, -0.1) is 11.3 Å². The number of aromatic amines is 1. The van der Waals surface area contributed by atoms with Crippen molar-refractivity contribution in [3.63, 3.8) is 0 Å². The highest BCUT2D eigenvalue weighted by Gasteiger charge is 2.16. The van der Waals surface area contributed by atoms with E-state index in [1.165, 1.54) is 22.1 Å². The summed E-state index contributed by atoms with van der Waals surface area (Å²) in [6.07, 6.45) is 0. The Bertz CT molecular complexity index is 1230. The minimum Gasteiger partial charge on any atom is -0.484 e. The van der Waals surface area contributed by atoms with Crippen molar-refractivity contribution in [2.24, 2.45) is 0 Å². The van der Waals surface area contributed by atoms with Crippen molar-refractivity contribution in [3.8, 4) is 22.3 Å². The van der Waals surface area contributed by atoms with Crippen molar-refractivity contribution in [1.82, 2.24) is 19.7 Å². The number of hydrogen-bond donors (Lipinski definition) is 2. The van der Waals surface area contributed by atoms with Crippen LogP contribution in [0.2, 0.25) is 0 Å². The first-order chi connectivity index (χ1) is 14.5. The second kappa shape index (κ2) is 8.34. The molecule has 0 saturated heterocycles.